The summed E-state index contributed by atoms with van der Waals surface area (Å²) in [6, 6.07) is 22.8. The van der Waals surface area contributed by atoms with Crippen LogP contribution in [0.4, 0.5) is 4.39 Å². The Labute approximate surface area is 177 Å². The van der Waals surface area contributed by atoms with E-state index in [0.717, 1.165) is 47.3 Å². The average Bonchev–Trinajstić information content (AvgIpc) is 2.75. The minimum atomic E-state index is -0.239. The van der Waals surface area contributed by atoms with Gasteiger partial charge in [-0.25, -0.2) is 4.39 Å². The summed E-state index contributed by atoms with van der Waals surface area (Å²) in [6.45, 7) is 1.84. The largest absolute Gasteiger partial charge is 0.494 e. The Hall–Kier alpha value is -2.36. The van der Waals surface area contributed by atoms with Gasteiger partial charge in [-0.05, 0) is 65.8 Å². The van der Waals surface area contributed by atoms with Crippen molar-refractivity contribution in [1.29, 1.82) is 0 Å². The molecule has 0 amide bonds. The van der Waals surface area contributed by atoms with Crippen LogP contribution in [0.5, 0.6) is 5.75 Å². The summed E-state index contributed by atoms with van der Waals surface area (Å²) in [4.78, 5) is 0. The van der Waals surface area contributed by atoms with Crippen LogP contribution >= 0.6 is 11.6 Å². The van der Waals surface area contributed by atoms with E-state index in [1.807, 2.05) is 24.3 Å². The summed E-state index contributed by atoms with van der Waals surface area (Å²) < 4.78 is 25.1. The zero-order valence-electron chi connectivity index (χ0n) is 16.5. The number of alkyl halides is 1. The number of benzene rings is 3. The third kappa shape index (κ3) is 7.19. The molecule has 4 heteroatoms. The van der Waals surface area contributed by atoms with Gasteiger partial charge in [0.25, 0.3) is 0 Å². The SMILES string of the molecule is Fc1ccc(-c2cc(CCOCc3ccccc3)cc(OCCCCCl)c2)cc1. The zero-order valence-corrected chi connectivity index (χ0v) is 17.2. The van der Waals surface area contributed by atoms with E-state index in [-0.39, 0.29) is 5.82 Å². The highest BCUT2D eigenvalue weighted by Gasteiger charge is 2.06. The summed E-state index contributed by atoms with van der Waals surface area (Å²) in [5.74, 6) is 1.22. The van der Waals surface area contributed by atoms with Gasteiger partial charge in [-0.15, -0.1) is 11.6 Å². The lowest BCUT2D eigenvalue weighted by Gasteiger charge is -2.12. The normalized spacial score (nSPS) is 10.8. The molecule has 0 saturated carbocycles. The molecule has 0 aromatic heterocycles. The first-order valence-electron chi connectivity index (χ1n) is 9.95. The maximum atomic E-state index is 13.3. The molecule has 0 bridgehead atoms. The van der Waals surface area contributed by atoms with Crippen LogP contribution in [0.15, 0.2) is 72.8 Å². The number of hydrogen-bond acceptors (Lipinski definition) is 2. The number of halogens is 2. The first-order valence-corrected chi connectivity index (χ1v) is 10.5. The topological polar surface area (TPSA) is 18.5 Å². The molecule has 29 heavy (non-hydrogen) atoms. The van der Waals surface area contributed by atoms with Crippen LogP contribution in [-0.4, -0.2) is 19.1 Å². The number of rotatable bonds is 11. The van der Waals surface area contributed by atoms with Gasteiger partial charge in [0.1, 0.15) is 11.6 Å². The Morgan fingerprint density at radius 2 is 1.55 bits per heavy atom. The second-order valence-corrected chi connectivity index (χ2v) is 7.28. The molecule has 0 heterocycles. The van der Waals surface area contributed by atoms with E-state index in [9.17, 15) is 4.39 Å². The van der Waals surface area contributed by atoms with Crippen molar-refractivity contribution < 1.29 is 13.9 Å². The van der Waals surface area contributed by atoms with Gasteiger partial charge in [0, 0.05) is 5.88 Å². The molecule has 152 valence electrons. The van der Waals surface area contributed by atoms with Crippen molar-refractivity contribution in [2.45, 2.75) is 25.9 Å². The average molecular weight is 413 g/mol. The van der Waals surface area contributed by atoms with E-state index in [0.29, 0.717) is 25.7 Å². The monoisotopic (exact) mass is 412 g/mol. The molecular weight excluding hydrogens is 387 g/mol. The highest BCUT2D eigenvalue weighted by atomic mass is 35.5. The van der Waals surface area contributed by atoms with Crippen molar-refractivity contribution >= 4 is 11.6 Å². The molecule has 0 spiro atoms. The molecular formula is C25H26ClFO2. The summed E-state index contributed by atoms with van der Waals surface area (Å²) in [5, 5.41) is 0. The van der Waals surface area contributed by atoms with E-state index in [2.05, 4.69) is 24.3 Å². The molecule has 3 aromatic carbocycles. The van der Waals surface area contributed by atoms with Crippen LogP contribution < -0.4 is 4.74 Å². The summed E-state index contributed by atoms with van der Waals surface area (Å²) in [7, 11) is 0. The maximum absolute atomic E-state index is 13.3. The van der Waals surface area contributed by atoms with Crippen molar-refractivity contribution in [3.8, 4) is 16.9 Å². The number of ether oxygens (including phenoxy) is 2. The molecule has 3 aromatic rings. The molecule has 0 N–H and O–H groups in total. The van der Waals surface area contributed by atoms with E-state index in [1.54, 1.807) is 12.1 Å². The van der Waals surface area contributed by atoms with Crippen LogP contribution in [0, 0.1) is 5.82 Å². The Balaban J connectivity index is 1.66. The molecule has 3 rings (SSSR count). The Morgan fingerprint density at radius 1 is 0.759 bits per heavy atom. The lowest BCUT2D eigenvalue weighted by molar-refractivity contribution is 0.124. The smallest absolute Gasteiger partial charge is 0.123 e. The molecule has 0 atom stereocenters. The highest BCUT2D eigenvalue weighted by molar-refractivity contribution is 6.17. The number of hydrogen-bond donors (Lipinski definition) is 0. The third-order valence-corrected chi connectivity index (χ3v) is 4.85. The molecule has 2 nitrogen and oxygen atoms in total. The molecule has 0 saturated heterocycles. The number of unbranched alkanes of at least 4 members (excludes halogenated alkanes) is 1. The Kier molecular flexibility index (Phi) is 8.54. The highest BCUT2D eigenvalue weighted by Crippen LogP contribution is 2.27. The first kappa shape index (κ1) is 21.4. The fourth-order valence-electron chi connectivity index (χ4n) is 3.04. The predicted octanol–water partition coefficient (Wildman–Crippen LogP) is 6.65. The van der Waals surface area contributed by atoms with Crippen LogP contribution in [0.3, 0.4) is 0 Å². The quantitative estimate of drug-likeness (QED) is 0.259. The standard InChI is InChI=1S/C25H26ClFO2/c26-13-4-5-14-29-25-17-21(12-15-28-19-20-6-2-1-3-7-20)16-23(18-25)22-8-10-24(27)11-9-22/h1-3,6-11,16-18H,4-5,12-15,19H2. The lowest BCUT2D eigenvalue weighted by Crippen LogP contribution is -2.02. The molecule has 0 aliphatic heterocycles. The van der Waals surface area contributed by atoms with Gasteiger partial charge in [-0.3, -0.25) is 0 Å². The minimum absolute atomic E-state index is 0.239. The fourth-order valence-corrected chi connectivity index (χ4v) is 3.23. The van der Waals surface area contributed by atoms with Gasteiger partial charge in [-0.1, -0.05) is 48.5 Å². The molecule has 0 fully saturated rings. The van der Waals surface area contributed by atoms with Crippen molar-refractivity contribution in [2.24, 2.45) is 0 Å². The molecule has 0 radical (unpaired) electrons. The summed E-state index contributed by atoms with van der Waals surface area (Å²) in [6.07, 6.45) is 2.62. The Bertz CT molecular complexity index is 866. The first-order chi connectivity index (χ1) is 14.2. The third-order valence-electron chi connectivity index (χ3n) is 4.59. The second-order valence-electron chi connectivity index (χ2n) is 6.91. The summed E-state index contributed by atoms with van der Waals surface area (Å²) >= 11 is 5.74. The van der Waals surface area contributed by atoms with Crippen LogP contribution in [0.2, 0.25) is 0 Å². The van der Waals surface area contributed by atoms with Gasteiger partial charge in [0.05, 0.1) is 19.8 Å². The summed E-state index contributed by atoms with van der Waals surface area (Å²) in [5.41, 5.74) is 4.27. The zero-order chi connectivity index (χ0) is 20.3. The van der Waals surface area contributed by atoms with E-state index in [4.69, 9.17) is 21.1 Å². The Morgan fingerprint density at radius 3 is 2.31 bits per heavy atom. The van der Waals surface area contributed by atoms with E-state index >= 15 is 0 Å². The van der Waals surface area contributed by atoms with E-state index in [1.165, 1.54) is 12.1 Å². The van der Waals surface area contributed by atoms with Gasteiger partial charge in [0.2, 0.25) is 0 Å². The van der Waals surface area contributed by atoms with Crippen molar-refractivity contribution in [3.05, 3.63) is 89.7 Å². The van der Waals surface area contributed by atoms with Crippen molar-refractivity contribution in [2.75, 3.05) is 19.1 Å². The van der Waals surface area contributed by atoms with Crippen LogP contribution in [0.25, 0.3) is 11.1 Å². The maximum Gasteiger partial charge on any atom is 0.123 e. The van der Waals surface area contributed by atoms with Gasteiger partial charge < -0.3 is 9.47 Å². The second kappa shape index (κ2) is 11.6. The molecule has 0 aliphatic rings. The van der Waals surface area contributed by atoms with Crippen molar-refractivity contribution in [1.82, 2.24) is 0 Å². The van der Waals surface area contributed by atoms with Gasteiger partial charge >= 0.3 is 0 Å². The van der Waals surface area contributed by atoms with Gasteiger partial charge in [-0.2, -0.15) is 0 Å². The lowest BCUT2D eigenvalue weighted by atomic mass is 10.0. The van der Waals surface area contributed by atoms with Gasteiger partial charge in [0.15, 0.2) is 0 Å². The van der Waals surface area contributed by atoms with Crippen LogP contribution in [-0.2, 0) is 17.8 Å². The minimum Gasteiger partial charge on any atom is -0.494 e. The van der Waals surface area contributed by atoms with Crippen LogP contribution in [0.1, 0.15) is 24.0 Å². The fraction of sp³-hybridized carbons (Fsp3) is 0.280. The van der Waals surface area contributed by atoms with Crippen molar-refractivity contribution in [3.63, 3.8) is 0 Å². The van der Waals surface area contributed by atoms with E-state index < -0.39 is 0 Å². The predicted molar refractivity (Wildman–Crippen MR) is 117 cm³/mol. The molecule has 0 unspecified atom stereocenters. The molecule has 0 aliphatic carbocycles.